The summed E-state index contributed by atoms with van der Waals surface area (Å²) in [5, 5.41) is 8.90. The number of nitrogens with zero attached hydrogens (tertiary/aromatic N) is 1. The van der Waals surface area contributed by atoms with Crippen molar-refractivity contribution in [3.05, 3.63) is 21.4 Å². The Morgan fingerprint density at radius 3 is 2.81 bits per heavy atom. The fraction of sp³-hybridized carbons (Fsp3) is 0.545. The van der Waals surface area contributed by atoms with Crippen LogP contribution in [-0.4, -0.2) is 35.6 Å². The Kier molecular flexibility index (Phi) is 4.77. The number of thiophene rings is 1. The lowest BCUT2D eigenvalue weighted by Gasteiger charge is -2.16. The topological polar surface area (TPSA) is 40.5 Å². The molecule has 0 aromatic carbocycles. The predicted octanol–water partition coefficient (Wildman–Crippen LogP) is 2.29. The number of aromatic carboxylic acids is 1. The lowest BCUT2D eigenvalue weighted by atomic mass is 10.1. The summed E-state index contributed by atoms with van der Waals surface area (Å²) in [7, 11) is 0. The molecule has 2 heterocycles. The van der Waals surface area contributed by atoms with Crippen LogP contribution >= 0.6 is 23.7 Å². The molecule has 0 fully saturated rings. The smallest absolute Gasteiger partial charge is 0.345 e. The fourth-order valence-electron chi connectivity index (χ4n) is 1.96. The zero-order valence-corrected chi connectivity index (χ0v) is 10.9. The molecule has 0 amide bonds. The van der Waals surface area contributed by atoms with Gasteiger partial charge < -0.3 is 10.0 Å². The van der Waals surface area contributed by atoms with Crippen LogP contribution in [0.4, 0.5) is 0 Å². The van der Waals surface area contributed by atoms with Crippen LogP contribution in [0.3, 0.4) is 0 Å². The molecule has 0 radical (unpaired) electrons. The quantitative estimate of drug-likeness (QED) is 0.888. The van der Waals surface area contributed by atoms with E-state index >= 15 is 0 Å². The molecule has 0 aliphatic carbocycles. The average molecular weight is 262 g/mol. The standard InChI is InChI=1S/C11H15NO2S.ClH/c1-2-12-5-3-8-7-10(11(13)14)15-9(8)4-6-12;/h7H,2-6H2,1H3,(H,13,14);1H. The molecule has 1 aromatic heterocycles. The number of rotatable bonds is 2. The third kappa shape index (κ3) is 2.75. The van der Waals surface area contributed by atoms with Crippen molar-refractivity contribution in [3.63, 3.8) is 0 Å². The molecular weight excluding hydrogens is 246 g/mol. The summed E-state index contributed by atoms with van der Waals surface area (Å²) in [6.45, 7) is 5.37. The van der Waals surface area contributed by atoms with Crippen molar-refractivity contribution in [1.29, 1.82) is 0 Å². The number of carbonyl (C=O) groups is 1. The molecule has 0 unspecified atom stereocenters. The van der Waals surface area contributed by atoms with Crippen LogP contribution in [-0.2, 0) is 12.8 Å². The van der Waals surface area contributed by atoms with Crippen molar-refractivity contribution in [2.24, 2.45) is 0 Å². The largest absolute Gasteiger partial charge is 0.477 e. The Bertz CT molecular complexity index is 353. The SMILES string of the molecule is CCN1CCc2cc(C(=O)O)sc2CC1.Cl. The highest BCUT2D eigenvalue weighted by Crippen LogP contribution is 2.26. The molecule has 90 valence electrons. The molecule has 16 heavy (non-hydrogen) atoms. The van der Waals surface area contributed by atoms with Crippen LogP contribution in [0.2, 0.25) is 0 Å². The van der Waals surface area contributed by atoms with Gasteiger partial charge in [-0.25, -0.2) is 4.79 Å². The van der Waals surface area contributed by atoms with Crippen LogP contribution in [0.1, 0.15) is 27.0 Å². The molecule has 0 saturated heterocycles. The normalized spacial score (nSPS) is 16.1. The first kappa shape index (κ1) is 13.5. The van der Waals surface area contributed by atoms with E-state index in [9.17, 15) is 4.79 Å². The second-order valence-electron chi connectivity index (χ2n) is 3.80. The van der Waals surface area contributed by atoms with Gasteiger partial charge in [-0.1, -0.05) is 6.92 Å². The maximum Gasteiger partial charge on any atom is 0.345 e. The van der Waals surface area contributed by atoms with Gasteiger partial charge in [0.1, 0.15) is 4.88 Å². The van der Waals surface area contributed by atoms with Crippen molar-refractivity contribution in [3.8, 4) is 0 Å². The van der Waals surface area contributed by atoms with Gasteiger partial charge in [0.25, 0.3) is 0 Å². The minimum Gasteiger partial charge on any atom is -0.477 e. The van der Waals surface area contributed by atoms with Gasteiger partial charge in [-0.3, -0.25) is 0 Å². The molecule has 0 bridgehead atoms. The van der Waals surface area contributed by atoms with Gasteiger partial charge in [0.2, 0.25) is 0 Å². The van der Waals surface area contributed by atoms with Gasteiger partial charge in [0, 0.05) is 18.0 Å². The summed E-state index contributed by atoms with van der Waals surface area (Å²) >= 11 is 1.44. The first-order valence-electron chi connectivity index (χ1n) is 5.28. The van der Waals surface area contributed by atoms with E-state index in [2.05, 4.69) is 11.8 Å². The molecule has 2 rings (SSSR count). The maximum absolute atomic E-state index is 10.8. The van der Waals surface area contributed by atoms with E-state index in [1.807, 2.05) is 6.07 Å². The molecule has 1 aliphatic heterocycles. The Hall–Kier alpha value is -0.580. The third-order valence-electron chi connectivity index (χ3n) is 2.91. The van der Waals surface area contributed by atoms with Gasteiger partial charge in [0.15, 0.2) is 0 Å². The van der Waals surface area contributed by atoms with Crippen molar-refractivity contribution in [2.45, 2.75) is 19.8 Å². The van der Waals surface area contributed by atoms with E-state index in [-0.39, 0.29) is 12.4 Å². The number of carboxylic acid groups (broad SMARTS) is 1. The molecule has 0 atom stereocenters. The molecule has 1 aliphatic rings. The minimum atomic E-state index is -0.791. The van der Waals surface area contributed by atoms with Crippen LogP contribution in [0.15, 0.2) is 6.07 Å². The summed E-state index contributed by atoms with van der Waals surface area (Å²) in [4.78, 5) is 15.0. The minimum absolute atomic E-state index is 0. The van der Waals surface area contributed by atoms with Crippen molar-refractivity contribution in [1.82, 2.24) is 4.90 Å². The molecule has 0 spiro atoms. The van der Waals surface area contributed by atoms with E-state index in [1.54, 1.807) is 0 Å². The number of likely N-dealkylation sites (N-methyl/N-ethyl adjacent to an activating group) is 1. The highest BCUT2D eigenvalue weighted by molar-refractivity contribution is 7.14. The Labute approximate surface area is 105 Å². The molecule has 0 saturated carbocycles. The molecule has 5 heteroatoms. The number of fused-ring (bicyclic) bond motifs is 1. The fourth-order valence-corrected chi connectivity index (χ4v) is 3.00. The van der Waals surface area contributed by atoms with E-state index in [4.69, 9.17) is 5.11 Å². The van der Waals surface area contributed by atoms with Crippen LogP contribution in [0.5, 0.6) is 0 Å². The van der Waals surface area contributed by atoms with Crippen LogP contribution in [0.25, 0.3) is 0 Å². The number of hydrogen-bond donors (Lipinski definition) is 1. The first-order chi connectivity index (χ1) is 7.20. The summed E-state index contributed by atoms with van der Waals surface area (Å²) in [5.74, 6) is -0.791. The summed E-state index contributed by atoms with van der Waals surface area (Å²) in [6, 6.07) is 1.85. The van der Waals surface area contributed by atoms with Gasteiger partial charge in [0.05, 0.1) is 0 Å². The highest BCUT2D eigenvalue weighted by Gasteiger charge is 2.17. The first-order valence-corrected chi connectivity index (χ1v) is 6.09. The lowest BCUT2D eigenvalue weighted by Crippen LogP contribution is -2.25. The predicted molar refractivity (Wildman–Crippen MR) is 68.0 cm³/mol. The Morgan fingerprint density at radius 2 is 2.19 bits per heavy atom. The zero-order chi connectivity index (χ0) is 10.8. The lowest BCUT2D eigenvalue weighted by molar-refractivity contribution is 0.0702. The highest BCUT2D eigenvalue weighted by atomic mass is 35.5. The van der Waals surface area contributed by atoms with Crippen LogP contribution in [0, 0.1) is 0 Å². The van der Waals surface area contributed by atoms with Gasteiger partial charge in [-0.05, 0) is 31.0 Å². The monoisotopic (exact) mass is 261 g/mol. The summed E-state index contributed by atoms with van der Waals surface area (Å²) in [6.07, 6.45) is 1.99. The van der Waals surface area contributed by atoms with Crippen LogP contribution < -0.4 is 0 Å². The second-order valence-corrected chi connectivity index (χ2v) is 4.94. The maximum atomic E-state index is 10.8. The van der Waals surface area contributed by atoms with E-state index in [1.165, 1.54) is 21.8 Å². The average Bonchev–Trinajstić information content (AvgIpc) is 2.53. The summed E-state index contributed by atoms with van der Waals surface area (Å²) in [5.41, 5.74) is 1.24. The van der Waals surface area contributed by atoms with Crippen molar-refractivity contribution in [2.75, 3.05) is 19.6 Å². The van der Waals surface area contributed by atoms with Gasteiger partial charge in [-0.15, -0.1) is 23.7 Å². The van der Waals surface area contributed by atoms with E-state index < -0.39 is 5.97 Å². The molecule has 3 nitrogen and oxygen atoms in total. The van der Waals surface area contributed by atoms with Crippen molar-refractivity contribution >= 4 is 29.7 Å². The molecule has 1 aromatic rings. The Morgan fingerprint density at radius 1 is 1.50 bits per heavy atom. The number of hydrogen-bond acceptors (Lipinski definition) is 3. The second kappa shape index (κ2) is 5.66. The molecule has 1 N–H and O–H groups in total. The Balaban J connectivity index is 0.00000128. The van der Waals surface area contributed by atoms with E-state index in [0.29, 0.717) is 4.88 Å². The zero-order valence-electron chi connectivity index (χ0n) is 9.23. The van der Waals surface area contributed by atoms with Crippen molar-refractivity contribution < 1.29 is 9.90 Å². The van der Waals surface area contributed by atoms with Gasteiger partial charge in [-0.2, -0.15) is 0 Å². The number of halogens is 1. The van der Waals surface area contributed by atoms with Gasteiger partial charge >= 0.3 is 5.97 Å². The number of carboxylic acids is 1. The summed E-state index contributed by atoms with van der Waals surface area (Å²) < 4.78 is 0. The molecular formula is C11H16ClNO2S. The van der Waals surface area contributed by atoms with E-state index in [0.717, 1.165) is 32.5 Å². The third-order valence-corrected chi connectivity index (χ3v) is 4.13.